The molecule has 0 spiro atoms. The summed E-state index contributed by atoms with van der Waals surface area (Å²) in [7, 11) is 0. The Morgan fingerprint density at radius 3 is 2.00 bits per heavy atom. The van der Waals surface area contributed by atoms with Crippen molar-refractivity contribution in [3.05, 3.63) is 112 Å². The molecule has 0 aromatic heterocycles. The van der Waals surface area contributed by atoms with Crippen molar-refractivity contribution in [1.82, 2.24) is 15.1 Å². The molecule has 5 atom stereocenters. The van der Waals surface area contributed by atoms with Crippen LogP contribution >= 0.6 is 0 Å². The molecule has 0 bridgehead atoms. The summed E-state index contributed by atoms with van der Waals surface area (Å²) in [5.41, 5.74) is 5.64. The summed E-state index contributed by atoms with van der Waals surface area (Å²) in [6.45, 7) is 6.73. The zero-order chi connectivity index (χ0) is 33.1. The van der Waals surface area contributed by atoms with E-state index in [1.165, 1.54) is 29.3 Å². The van der Waals surface area contributed by atoms with Crippen molar-refractivity contribution >= 4 is 17.6 Å². The first kappa shape index (κ1) is 33.2. The molecular weight excluding hydrogens is 586 g/mol. The summed E-state index contributed by atoms with van der Waals surface area (Å²) in [5, 5.41) is 36.6. The van der Waals surface area contributed by atoms with Crippen LogP contribution in [0.5, 0.6) is 0 Å². The molecule has 3 aromatic rings. The predicted octanol–water partition coefficient (Wildman–Crippen LogP) is 4.30. The highest BCUT2D eigenvalue weighted by Crippen LogP contribution is 2.58. The van der Waals surface area contributed by atoms with Gasteiger partial charge in [0.05, 0.1) is 22.5 Å². The highest BCUT2D eigenvalue weighted by molar-refractivity contribution is 5.84. The fourth-order valence-electron chi connectivity index (χ4n) is 7.95. The van der Waals surface area contributed by atoms with Crippen LogP contribution in [0.15, 0.2) is 84.9 Å². The van der Waals surface area contributed by atoms with Gasteiger partial charge in [0.1, 0.15) is 5.41 Å². The van der Waals surface area contributed by atoms with Crippen LogP contribution in [0, 0.1) is 20.9 Å². The third-order valence-electron chi connectivity index (χ3n) is 10.4. The second-order valence-corrected chi connectivity index (χ2v) is 12.5. The van der Waals surface area contributed by atoms with E-state index in [0.717, 1.165) is 13.1 Å². The van der Waals surface area contributed by atoms with Crippen LogP contribution in [-0.2, 0) is 9.59 Å². The molecule has 5 rings (SSSR count). The number of benzene rings is 3. The molecule has 0 saturated carbocycles. The smallest absolute Gasteiger partial charge is 0.313 e. The fraction of sp³-hybridized carbons (Fsp3) is 0.429. The number of aliphatic carboxylic acids is 2. The fourth-order valence-corrected chi connectivity index (χ4v) is 7.95. The molecule has 5 unspecified atom stereocenters. The summed E-state index contributed by atoms with van der Waals surface area (Å²) in [4.78, 5) is 42.5. The number of nitrogens with two attached hydrogens (primary N) is 1. The molecule has 0 amide bonds. The number of carboxylic acid groups (broad SMARTS) is 2. The van der Waals surface area contributed by atoms with Gasteiger partial charge in [-0.1, -0.05) is 79.7 Å². The van der Waals surface area contributed by atoms with Crippen molar-refractivity contribution in [2.75, 3.05) is 32.7 Å². The van der Waals surface area contributed by atoms with E-state index in [-0.39, 0.29) is 24.6 Å². The average Bonchev–Trinajstić information content (AvgIpc) is 3.05. The first-order valence-corrected chi connectivity index (χ1v) is 15.8. The molecule has 244 valence electrons. The zero-order valence-corrected chi connectivity index (χ0v) is 26.3. The lowest BCUT2D eigenvalue weighted by molar-refractivity contribution is -0.385. The third kappa shape index (κ3) is 5.91. The predicted molar refractivity (Wildman–Crippen MR) is 174 cm³/mol. The van der Waals surface area contributed by atoms with Crippen molar-refractivity contribution in [2.45, 2.75) is 50.9 Å². The summed E-state index contributed by atoms with van der Waals surface area (Å²) in [6, 6.07) is 25.8. The molecule has 0 aliphatic carbocycles. The largest absolute Gasteiger partial charge is 0.481 e. The number of carbonyl (C=O) groups is 2. The van der Waals surface area contributed by atoms with Crippen molar-refractivity contribution in [3.63, 3.8) is 0 Å². The molecule has 2 saturated heterocycles. The summed E-state index contributed by atoms with van der Waals surface area (Å²) < 4.78 is 0. The Morgan fingerprint density at radius 1 is 0.935 bits per heavy atom. The van der Waals surface area contributed by atoms with Crippen LogP contribution < -0.4 is 11.1 Å². The van der Waals surface area contributed by atoms with Gasteiger partial charge in [0.2, 0.25) is 0 Å². The summed E-state index contributed by atoms with van der Waals surface area (Å²) in [5.74, 6) is -3.51. The highest BCUT2D eigenvalue weighted by atomic mass is 16.6. The molecule has 3 aromatic carbocycles. The van der Waals surface area contributed by atoms with Gasteiger partial charge in [-0.25, -0.2) is 0 Å². The number of hydrogen-bond acceptors (Lipinski definition) is 8. The van der Waals surface area contributed by atoms with E-state index in [1.54, 1.807) is 19.9 Å². The molecule has 11 nitrogen and oxygen atoms in total. The molecule has 0 radical (unpaired) electrons. The first-order valence-electron chi connectivity index (χ1n) is 15.8. The number of rotatable bonds is 11. The van der Waals surface area contributed by atoms with Crippen LogP contribution in [0.4, 0.5) is 5.69 Å². The molecule has 5 N–H and O–H groups in total. The molecular formula is C35H43N5O6. The molecule has 46 heavy (non-hydrogen) atoms. The van der Waals surface area contributed by atoms with Crippen LogP contribution in [0.3, 0.4) is 0 Å². The number of carboxylic acids is 2. The molecule has 2 aliphatic heterocycles. The van der Waals surface area contributed by atoms with Crippen LogP contribution in [0.2, 0.25) is 0 Å². The second-order valence-electron chi connectivity index (χ2n) is 12.5. The van der Waals surface area contributed by atoms with Gasteiger partial charge in [0.25, 0.3) is 5.69 Å². The lowest BCUT2D eigenvalue weighted by Crippen LogP contribution is -2.73. The Hall–Kier alpha value is -4.16. The van der Waals surface area contributed by atoms with Gasteiger partial charge in [-0.3, -0.25) is 29.9 Å². The van der Waals surface area contributed by atoms with Crippen molar-refractivity contribution < 1.29 is 24.7 Å². The number of piperazine rings is 1. The SMILES string of the molecule is CCC1(C(=O)O)C(N)NC(C)C(CCN2CCN(C(c3ccccc3)c3ccccc3)CC2)(C(=O)O)C1c1cccc([N+](=O)[O-])c1. The Labute approximate surface area is 269 Å². The first-order chi connectivity index (χ1) is 22.1. The van der Waals surface area contributed by atoms with E-state index in [1.807, 2.05) is 36.4 Å². The standard InChI is InChI=1S/C35H43N5O6/c1-3-34(32(41)42)30(27-15-10-16-28(23-27)40(45)46)35(33(43)44,24(2)37-31(34)36)17-18-38-19-21-39(22-20-38)29(25-11-6-4-7-12-25)26-13-8-5-9-14-26/h4-16,23-24,29-31,37H,3,17-22,36H2,1-2H3,(H,41,42)(H,43,44). The van der Waals surface area contributed by atoms with Gasteiger partial charge < -0.3 is 20.8 Å². The van der Waals surface area contributed by atoms with Crippen molar-refractivity contribution in [3.8, 4) is 0 Å². The quantitative estimate of drug-likeness (QED) is 0.178. The second kappa shape index (κ2) is 13.7. The topological polar surface area (TPSA) is 162 Å². The number of nitro benzene ring substituents is 1. The minimum atomic E-state index is -1.72. The van der Waals surface area contributed by atoms with E-state index >= 15 is 0 Å². The number of nitrogens with one attached hydrogen (secondary N) is 1. The van der Waals surface area contributed by atoms with E-state index in [9.17, 15) is 29.9 Å². The van der Waals surface area contributed by atoms with E-state index in [0.29, 0.717) is 25.2 Å². The monoisotopic (exact) mass is 629 g/mol. The minimum Gasteiger partial charge on any atom is -0.481 e. The van der Waals surface area contributed by atoms with Crippen molar-refractivity contribution in [1.29, 1.82) is 0 Å². The van der Waals surface area contributed by atoms with Gasteiger partial charge >= 0.3 is 11.9 Å². The van der Waals surface area contributed by atoms with E-state index < -0.39 is 45.8 Å². The van der Waals surface area contributed by atoms with E-state index in [4.69, 9.17) is 5.73 Å². The molecule has 2 aliphatic rings. The van der Waals surface area contributed by atoms with Gasteiger partial charge in [0.15, 0.2) is 0 Å². The van der Waals surface area contributed by atoms with Crippen molar-refractivity contribution in [2.24, 2.45) is 16.6 Å². The molecule has 2 fully saturated rings. The lowest BCUT2D eigenvalue weighted by atomic mass is 9.51. The number of piperidine rings is 1. The average molecular weight is 630 g/mol. The highest BCUT2D eigenvalue weighted by Gasteiger charge is 2.66. The number of nitrogens with zero attached hydrogens (tertiary/aromatic N) is 3. The van der Waals surface area contributed by atoms with Gasteiger partial charge in [0, 0.05) is 50.3 Å². The maximum atomic E-state index is 13.5. The Bertz CT molecular complexity index is 1490. The third-order valence-corrected chi connectivity index (χ3v) is 10.4. The minimum absolute atomic E-state index is 0.0324. The Morgan fingerprint density at radius 2 is 1.50 bits per heavy atom. The maximum absolute atomic E-state index is 13.5. The van der Waals surface area contributed by atoms with Crippen LogP contribution in [-0.4, -0.2) is 81.8 Å². The number of nitro groups is 1. The Balaban J connectivity index is 1.45. The van der Waals surface area contributed by atoms with Crippen LogP contribution in [0.25, 0.3) is 0 Å². The molecule has 2 heterocycles. The Kier molecular flexibility index (Phi) is 9.88. The summed E-state index contributed by atoms with van der Waals surface area (Å²) >= 11 is 0. The maximum Gasteiger partial charge on any atom is 0.313 e. The normalized spacial score (nSPS) is 27.3. The lowest BCUT2D eigenvalue weighted by Gasteiger charge is -2.57. The van der Waals surface area contributed by atoms with Gasteiger partial charge in [-0.2, -0.15) is 0 Å². The molecule has 11 heteroatoms. The van der Waals surface area contributed by atoms with Gasteiger partial charge in [-0.05, 0) is 43.0 Å². The number of hydrogen-bond donors (Lipinski definition) is 4. The van der Waals surface area contributed by atoms with E-state index in [2.05, 4.69) is 39.4 Å². The summed E-state index contributed by atoms with van der Waals surface area (Å²) in [6.07, 6.45) is -0.907. The number of non-ortho nitro benzene ring substituents is 1. The zero-order valence-electron chi connectivity index (χ0n) is 26.3. The van der Waals surface area contributed by atoms with Crippen LogP contribution in [0.1, 0.15) is 55.3 Å². The van der Waals surface area contributed by atoms with Gasteiger partial charge in [-0.15, -0.1) is 0 Å².